The van der Waals surface area contributed by atoms with Gasteiger partial charge in [-0.2, -0.15) is 0 Å². The molecule has 1 heterocycles. The van der Waals surface area contributed by atoms with E-state index in [1.165, 1.54) is 0 Å². The maximum atomic E-state index is 10.8. The Hall–Kier alpha value is -0.610. The standard InChI is InChI=1S/C11H19NO3/c13-10-4-2-1-3-9(10)12-6-5-8(7-12)11(14)15/h8-10,13H,1-7H2,(H,14,15). The fraction of sp³-hybridized carbons (Fsp3) is 0.909. The van der Waals surface area contributed by atoms with E-state index in [1.807, 2.05) is 0 Å². The molecule has 0 amide bonds. The number of hydrogen-bond donors (Lipinski definition) is 2. The first-order valence-electron chi connectivity index (χ1n) is 5.83. The van der Waals surface area contributed by atoms with Gasteiger partial charge in [0, 0.05) is 12.6 Å². The minimum absolute atomic E-state index is 0.211. The zero-order valence-corrected chi connectivity index (χ0v) is 8.93. The molecule has 3 atom stereocenters. The van der Waals surface area contributed by atoms with Crippen molar-refractivity contribution in [1.29, 1.82) is 0 Å². The molecule has 4 nitrogen and oxygen atoms in total. The first kappa shape index (κ1) is 10.9. The number of likely N-dealkylation sites (tertiary alicyclic amines) is 1. The summed E-state index contributed by atoms with van der Waals surface area (Å²) in [5.41, 5.74) is 0. The molecule has 15 heavy (non-hydrogen) atoms. The minimum Gasteiger partial charge on any atom is -0.481 e. The van der Waals surface area contributed by atoms with Gasteiger partial charge in [-0.1, -0.05) is 12.8 Å². The van der Waals surface area contributed by atoms with Crippen LogP contribution >= 0.6 is 0 Å². The summed E-state index contributed by atoms with van der Waals surface area (Å²) in [5.74, 6) is -0.915. The highest BCUT2D eigenvalue weighted by atomic mass is 16.4. The molecule has 3 unspecified atom stereocenters. The Balaban J connectivity index is 1.91. The van der Waals surface area contributed by atoms with E-state index >= 15 is 0 Å². The van der Waals surface area contributed by atoms with Gasteiger partial charge in [0.2, 0.25) is 0 Å². The van der Waals surface area contributed by atoms with Crippen LogP contribution in [-0.2, 0) is 4.79 Å². The molecule has 1 saturated heterocycles. The van der Waals surface area contributed by atoms with Crippen LogP contribution in [0.25, 0.3) is 0 Å². The average Bonchev–Trinajstić information content (AvgIpc) is 2.67. The highest BCUT2D eigenvalue weighted by Crippen LogP contribution is 2.28. The van der Waals surface area contributed by atoms with Gasteiger partial charge in [-0.15, -0.1) is 0 Å². The highest BCUT2D eigenvalue weighted by Gasteiger charge is 2.35. The normalized spacial score (nSPS) is 38.1. The fourth-order valence-corrected chi connectivity index (χ4v) is 2.81. The Labute approximate surface area is 89.9 Å². The lowest BCUT2D eigenvalue weighted by molar-refractivity contribution is -0.141. The lowest BCUT2D eigenvalue weighted by Gasteiger charge is -2.35. The second-order valence-electron chi connectivity index (χ2n) is 4.74. The van der Waals surface area contributed by atoms with Crippen molar-refractivity contribution in [3.05, 3.63) is 0 Å². The van der Waals surface area contributed by atoms with Crippen LogP contribution in [0, 0.1) is 5.92 Å². The maximum Gasteiger partial charge on any atom is 0.307 e. The summed E-state index contributed by atoms with van der Waals surface area (Å²) in [5, 5.41) is 18.8. The van der Waals surface area contributed by atoms with E-state index in [1.54, 1.807) is 0 Å². The molecule has 0 aromatic carbocycles. The van der Waals surface area contributed by atoms with Gasteiger partial charge in [-0.3, -0.25) is 9.69 Å². The summed E-state index contributed by atoms with van der Waals surface area (Å²) in [6.45, 7) is 1.45. The SMILES string of the molecule is O=C(O)C1CCN(C2CCCCC2O)C1. The van der Waals surface area contributed by atoms with Crippen LogP contribution in [0.4, 0.5) is 0 Å². The first-order chi connectivity index (χ1) is 7.18. The predicted molar refractivity (Wildman–Crippen MR) is 55.6 cm³/mol. The fourth-order valence-electron chi connectivity index (χ4n) is 2.81. The van der Waals surface area contributed by atoms with Crippen LogP contribution in [-0.4, -0.2) is 46.3 Å². The summed E-state index contributed by atoms with van der Waals surface area (Å²) in [7, 11) is 0. The Morgan fingerprint density at radius 2 is 1.93 bits per heavy atom. The second kappa shape index (κ2) is 4.49. The predicted octanol–water partition coefficient (Wildman–Crippen LogP) is 0.696. The molecule has 1 aliphatic carbocycles. The van der Waals surface area contributed by atoms with Crippen LogP contribution < -0.4 is 0 Å². The van der Waals surface area contributed by atoms with E-state index in [0.29, 0.717) is 6.54 Å². The Morgan fingerprint density at radius 3 is 2.53 bits per heavy atom. The monoisotopic (exact) mass is 213 g/mol. The third-order valence-corrected chi connectivity index (χ3v) is 3.73. The van der Waals surface area contributed by atoms with Crippen molar-refractivity contribution in [1.82, 2.24) is 4.90 Å². The summed E-state index contributed by atoms with van der Waals surface area (Å²) in [6.07, 6.45) is 4.65. The molecule has 0 spiro atoms. The molecule has 0 aromatic heterocycles. The largest absolute Gasteiger partial charge is 0.481 e. The van der Waals surface area contributed by atoms with E-state index in [2.05, 4.69) is 4.90 Å². The molecule has 2 N–H and O–H groups in total. The lowest BCUT2D eigenvalue weighted by atomic mass is 9.91. The topological polar surface area (TPSA) is 60.8 Å². The van der Waals surface area contributed by atoms with Gasteiger partial charge < -0.3 is 10.2 Å². The van der Waals surface area contributed by atoms with Crippen molar-refractivity contribution >= 4 is 5.97 Å². The Morgan fingerprint density at radius 1 is 1.20 bits per heavy atom. The Bertz CT molecular complexity index is 244. The number of hydrogen-bond acceptors (Lipinski definition) is 3. The van der Waals surface area contributed by atoms with Gasteiger partial charge >= 0.3 is 5.97 Å². The van der Waals surface area contributed by atoms with Crippen LogP contribution in [0.3, 0.4) is 0 Å². The van der Waals surface area contributed by atoms with E-state index in [4.69, 9.17) is 5.11 Å². The Kier molecular flexibility index (Phi) is 3.26. The first-order valence-corrected chi connectivity index (χ1v) is 5.83. The molecule has 2 rings (SSSR count). The van der Waals surface area contributed by atoms with Gasteiger partial charge in [0.1, 0.15) is 0 Å². The molecule has 2 aliphatic rings. The maximum absolute atomic E-state index is 10.8. The molecule has 86 valence electrons. The molecule has 2 fully saturated rings. The van der Waals surface area contributed by atoms with E-state index < -0.39 is 5.97 Å². The molecule has 0 aromatic rings. The number of rotatable bonds is 2. The number of carbonyl (C=O) groups is 1. The number of aliphatic hydroxyl groups is 1. The van der Waals surface area contributed by atoms with Crippen molar-refractivity contribution in [2.24, 2.45) is 5.92 Å². The number of carboxylic acid groups (broad SMARTS) is 1. The van der Waals surface area contributed by atoms with Gasteiger partial charge in [0.25, 0.3) is 0 Å². The van der Waals surface area contributed by atoms with Gasteiger partial charge in [-0.05, 0) is 25.8 Å². The number of nitrogens with zero attached hydrogens (tertiary/aromatic N) is 1. The molecule has 1 saturated carbocycles. The summed E-state index contributed by atoms with van der Waals surface area (Å²) in [4.78, 5) is 13.0. The number of aliphatic carboxylic acids is 1. The summed E-state index contributed by atoms with van der Waals surface area (Å²) >= 11 is 0. The van der Waals surface area contributed by atoms with E-state index in [9.17, 15) is 9.90 Å². The van der Waals surface area contributed by atoms with Crippen molar-refractivity contribution in [2.75, 3.05) is 13.1 Å². The molecular weight excluding hydrogens is 194 g/mol. The van der Waals surface area contributed by atoms with Crippen molar-refractivity contribution in [3.8, 4) is 0 Å². The zero-order valence-electron chi connectivity index (χ0n) is 8.93. The smallest absolute Gasteiger partial charge is 0.307 e. The van der Waals surface area contributed by atoms with Crippen molar-refractivity contribution in [2.45, 2.75) is 44.2 Å². The number of aliphatic hydroxyl groups excluding tert-OH is 1. The van der Waals surface area contributed by atoms with E-state index in [-0.39, 0.29) is 18.1 Å². The van der Waals surface area contributed by atoms with Gasteiger partial charge in [-0.25, -0.2) is 0 Å². The third-order valence-electron chi connectivity index (χ3n) is 3.73. The molecule has 0 bridgehead atoms. The molecule has 1 aliphatic heterocycles. The van der Waals surface area contributed by atoms with Gasteiger partial charge in [0.15, 0.2) is 0 Å². The third kappa shape index (κ3) is 2.32. The highest BCUT2D eigenvalue weighted by molar-refractivity contribution is 5.70. The molecule has 0 radical (unpaired) electrons. The zero-order chi connectivity index (χ0) is 10.8. The van der Waals surface area contributed by atoms with Crippen LogP contribution in [0.2, 0.25) is 0 Å². The second-order valence-corrected chi connectivity index (χ2v) is 4.74. The van der Waals surface area contributed by atoms with Crippen molar-refractivity contribution in [3.63, 3.8) is 0 Å². The van der Waals surface area contributed by atoms with Crippen LogP contribution in [0.15, 0.2) is 0 Å². The van der Waals surface area contributed by atoms with Crippen molar-refractivity contribution < 1.29 is 15.0 Å². The lowest BCUT2D eigenvalue weighted by Crippen LogP contribution is -2.44. The minimum atomic E-state index is -0.692. The summed E-state index contributed by atoms with van der Waals surface area (Å²) < 4.78 is 0. The molecular formula is C11H19NO3. The van der Waals surface area contributed by atoms with Gasteiger partial charge in [0.05, 0.1) is 12.0 Å². The number of carboxylic acids is 1. The average molecular weight is 213 g/mol. The molecule has 4 heteroatoms. The quantitative estimate of drug-likeness (QED) is 0.708. The summed E-state index contributed by atoms with van der Waals surface area (Å²) in [6, 6.07) is 0.211. The van der Waals surface area contributed by atoms with Crippen LogP contribution in [0.1, 0.15) is 32.1 Å². The van der Waals surface area contributed by atoms with E-state index in [0.717, 1.165) is 38.6 Å². The van der Waals surface area contributed by atoms with Crippen LogP contribution in [0.5, 0.6) is 0 Å².